The smallest absolute Gasteiger partial charge is 0.338 e. The predicted molar refractivity (Wildman–Crippen MR) is 205 cm³/mol. The van der Waals surface area contributed by atoms with Crippen LogP contribution in [0.1, 0.15) is 42.5 Å². The first-order valence-electron chi connectivity index (χ1n) is 17.1. The van der Waals surface area contributed by atoms with E-state index < -0.39 is 68.2 Å². The van der Waals surface area contributed by atoms with Crippen molar-refractivity contribution in [1.29, 1.82) is 0 Å². The molecule has 20 heteroatoms. The van der Waals surface area contributed by atoms with Gasteiger partial charge in [0, 0.05) is 14.1 Å². The van der Waals surface area contributed by atoms with Gasteiger partial charge in [-0.1, -0.05) is 12.1 Å². The Balaban J connectivity index is 0.000000202. The highest BCUT2D eigenvalue weighted by molar-refractivity contribution is 6.34. The second-order valence-electron chi connectivity index (χ2n) is 12.5. The summed E-state index contributed by atoms with van der Waals surface area (Å²) >= 11 is 0. The van der Waals surface area contributed by atoms with Crippen molar-refractivity contribution in [2.24, 2.45) is 14.1 Å². The number of rotatable bonds is 9. The van der Waals surface area contributed by atoms with Crippen LogP contribution in [0, 0.1) is 33.4 Å². The molecule has 0 amide bonds. The molecule has 0 saturated carbocycles. The molecule has 0 saturated heterocycles. The minimum absolute atomic E-state index is 0.0174. The van der Waals surface area contributed by atoms with E-state index in [0.717, 1.165) is 44.8 Å². The van der Waals surface area contributed by atoms with Crippen molar-refractivity contribution < 1.29 is 46.3 Å². The summed E-state index contributed by atoms with van der Waals surface area (Å²) in [5, 5.41) is 19.4. The number of methoxy groups -OCH3 is 2. The molecule has 7 rings (SSSR count). The molecule has 4 aromatic carbocycles. The fourth-order valence-corrected chi connectivity index (χ4v) is 6.10. The van der Waals surface area contributed by atoms with Gasteiger partial charge in [-0.2, -0.15) is 10.2 Å². The highest BCUT2D eigenvalue weighted by atomic mass is 19.1. The van der Waals surface area contributed by atoms with Crippen LogP contribution >= 0.6 is 0 Å². The average Bonchev–Trinajstić information content (AvgIpc) is 3.86. The van der Waals surface area contributed by atoms with Crippen molar-refractivity contribution >= 4 is 46.0 Å². The van der Waals surface area contributed by atoms with Gasteiger partial charge in [0.15, 0.2) is 11.6 Å². The number of ketones is 1. The van der Waals surface area contributed by atoms with Gasteiger partial charge in [-0.25, -0.2) is 46.5 Å². The van der Waals surface area contributed by atoms with Crippen LogP contribution in [0.4, 0.5) is 23.2 Å². The molecule has 1 N–H and O–H groups in total. The number of carbonyl (C=O) groups excluding carboxylic acids is 3. The number of fused-ring (bicyclic) bond motifs is 1. The van der Waals surface area contributed by atoms with Crippen LogP contribution in [-0.4, -0.2) is 71.4 Å². The van der Waals surface area contributed by atoms with Crippen molar-refractivity contribution in [2.75, 3.05) is 14.2 Å². The molecule has 60 heavy (non-hydrogen) atoms. The lowest BCUT2D eigenvalue weighted by atomic mass is 9.94. The maximum Gasteiger partial charge on any atom is 0.338 e. The first-order chi connectivity index (χ1) is 28.6. The van der Waals surface area contributed by atoms with E-state index >= 15 is 0 Å². The molecule has 0 radical (unpaired) electrons. The maximum absolute atomic E-state index is 14.1. The normalized spacial score (nSPS) is 11.2. The second kappa shape index (κ2) is 17.1. The van der Waals surface area contributed by atoms with E-state index in [1.54, 1.807) is 7.05 Å². The van der Waals surface area contributed by atoms with Crippen molar-refractivity contribution in [2.45, 2.75) is 0 Å². The zero-order valence-electron chi connectivity index (χ0n) is 31.6. The van der Waals surface area contributed by atoms with Gasteiger partial charge in [-0.05, 0) is 71.8 Å². The molecule has 304 valence electrons. The summed E-state index contributed by atoms with van der Waals surface area (Å²) in [5.41, 5.74) is -1.82. The standard InChI is InChI=1S/C20H14F2N4O5.C20H14F2N4O3/c1-25-19(23-10-24-25)15(7-11-3-5-12(21)6-4-11)18(27)17-14(20(28)31-2)8-13(22)9-16(17)26(29)30;1-26-19(23-9-24-26)16-17(10-3-5-11(21)6-4-10)25-14-8-12(22)7-13(20(28)29-2)15(14)18(16)27/h3-10H,1-2H3;3-9H,1-2H3,(H,25,27)/b15-7-;. The van der Waals surface area contributed by atoms with Gasteiger partial charge in [-0.15, -0.1) is 0 Å². The number of aromatic amines is 1. The van der Waals surface area contributed by atoms with Crippen LogP contribution in [0.5, 0.6) is 0 Å². The van der Waals surface area contributed by atoms with Crippen LogP contribution in [0.25, 0.3) is 45.2 Å². The molecule has 0 spiro atoms. The van der Waals surface area contributed by atoms with Gasteiger partial charge >= 0.3 is 11.9 Å². The number of hydrogen-bond acceptors (Lipinski definition) is 12. The Morgan fingerprint density at radius 1 is 0.767 bits per heavy atom. The topological polar surface area (TPSA) is 207 Å². The van der Waals surface area contributed by atoms with Crippen LogP contribution in [0.2, 0.25) is 0 Å². The summed E-state index contributed by atoms with van der Waals surface area (Å²) in [6.45, 7) is 0. The Morgan fingerprint density at radius 3 is 1.90 bits per heavy atom. The second-order valence-corrected chi connectivity index (χ2v) is 12.5. The molecule has 7 aromatic rings. The maximum atomic E-state index is 14.1. The highest BCUT2D eigenvalue weighted by Gasteiger charge is 2.33. The molecule has 16 nitrogen and oxygen atoms in total. The molecular formula is C40H28F4N8O8. The molecule has 3 heterocycles. The minimum atomic E-state index is -1.13. The SMILES string of the molecule is COC(=O)c1cc(F)cc([N+](=O)[O-])c1C(=O)/C(=C/c1ccc(F)cc1)c1ncnn1C.COC(=O)c1cc(F)cc2[nH]c(-c3ccc(F)cc3)c(-c3ncnn3C)c(=O)c12. The average molecular weight is 825 g/mol. The van der Waals surface area contributed by atoms with Crippen LogP contribution in [0.15, 0.2) is 90.2 Å². The number of pyridine rings is 1. The Labute approximate surface area is 334 Å². The molecule has 0 aliphatic heterocycles. The number of Topliss-reactive ketones (excluding diaryl/α,β-unsaturated/α-hetero) is 1. The summed E-state index contributed by atoms with van der Waals surface area (Å²) < 4.78 is 66.7. The number of nitro benzene ring substituents is 1. The van der Waals surface area contributed by atoms with Crippen molar-refractivity contribution in [3.63, 3.8) is 0 Å². The number of benzene rings is 4. The predicted octanol–water partition coefficient (Wildman–Crippen LogP) is 6.27. The molecule has 0 fully saturated rings. The van der Waals surface area contributed by atoms with Gasteiger partial charge in [0.2, 0.25) is 11.2 Å². The summed E-state index contributed by atoms with van der Waals surface area (Å²) in [6.07, 6.45) is 3.74. The zero-order chi connectivity index (χ0) is 43.4. The van der Waals surface area contributed by atoms with E-state index in [9.17, 15) is 46.9 Å². The fraction of sp³-hybridized carbons (Fsp3) is 0.100. The number of aryl methyl sites for hydroxylation is 2. The third-order valence-electron chi connectivity index (χ3n) is 8.83. The van der Waals surface area contributed by atoms with E-state index in [0.29, 0.717) is 29.0 Å². The Morgan fingerprint density at radius 2 is 1.33 bits per heavy atom. The van der Waals surface area contributed by atoms with E-state index in [1.165, 1.54) is 65.2 Å². The Hall–Kier alpha value is -8.16. The number of hydrogen-bond donors (Lipinski definition) is 1. The number of nitrogens with zero attached hydrogens (tertiary/aromatic N) is 7. The molecular weight excluding hydrogens is 796 g/mol. The van der Waals surface area contributed by atoms with Crippen LogP contribution in [-0.2, 0) is 23.6 Å². The number of aromatic nitrogens is 7. The van der Waals surface area contributed by atoms with E-state index in [2.05, 4.69) is 29.9 Å². The van der Waals surface area contributed by atoms with E-state index in [-0.39, 0.29) is 39.3 Å². The number of nitro groups is 1. The first-order valence-corrected chi connectivity index (χ1v) is 17.1. The lowest BCUT2D eigenvalue weighted by Gasteiger charge is -2.13. The van der Waals surface area contributed by atoms with Crippen LogP contribution in [0.3, 0.4) is 0 Å². The zero-order valence-corrected chi connectivity index (χ0v) is 31.6. The summed E-state index contributed by atoms with van der Waals surface area (Å²) in [4.78, 5) is 73.0. The van der Waals surface area contributed by atoms with Gasteiger partial charge in [0.1, 0.15) is 41.5 Å². The quantitative estimate of drug-likeness (QED) is 0.0427. The summed E-state index contributed by atoms with van der Waals surface area (Å²) in [5.74, 6) is -5.49. The monoisotopic (exact) mass is 824 g/mol. The molecule has 3 aromatic heterocycles. The first kappa shape index (κ1) is 41.5. The Kier molecular flexibility index (Phi) is 11.8. The molecule has 0 unspecified atom stereocenters. The number of allylic oxidation sites excluding steroid dienone is 1. The summed E-state index contributed by atoms with van der Waals surface area (Å²) in [6, 6.07) is 13.8. The number of nitrogens with one attached hydrogen (secondary N) is 1. The van der Waals surface area contributed by atoms with Gasteiger partial charge in [-0.3, -0.25) is 19.7 Å². The summed E-state index contributed by atoms with van der Waals surface area (Å²) in [7, 11) is 5.22. The third kappa shape index (κ3) is 8.28. The van der Waals surface area contributed by atoms with Crippen LogP contribution < -0.4 is 5.43 Å². The third-order valence-corrected chi connectivity index (χ3v) is 8.83. The number of esters is 2. The molecule has 0 atom stereocenters. The largest absolute Gasteiger partial charge is 0.465 e. The Bertz CT molecular complexity index is 2930. The van der Waals surface area contributed by atoms with Crippen molar-refractivity contribution in [3.05, 3.63) is 157 Å². The number of halogens is 4. The van der Waals surface area contributed by atoms with Crippen molar-refractivity contribution in [1.82, 2.24) is 34.5 Å². The lowest BCUT2D eigenvalue weighted by Crippen LogP contribution is -2.16. The molecule has 0 aliphatic rings. The van der Waals surface area contributed by atoms with Gasteiger partial charge in [0.05, 0.1) is 64.1 Å². The van der Waals surface area contributed by atoms with E-state index in [1.807, 2.05) is 0 Å². The number of carbonyl (C=O) groups is 3. The minimum Gasteiger partial charge on any atom is -0.465 e. The highest BCUT2D eigenvalue weighted by Crippen LogP contribution is 2.32. The van der Waals surface area contributed by atoms with Crippen molar-refractivity contribution in [3.8, 4) is 22.6 Å². The molecule has 0 aliphatic carbocycles. The van der Waals surface area contributed by atoms with E-state index in [4.69, 9.17) is 4.74 Å². The lowest BCUT2D eigenvalue weighted by molar-refractivity contribution is -0.385. The molecule has 0 bridgehead atoms. The number of ether oxygens (including phenoxy) is 2. The van der Waals surface area contributed by atoms with Gasteiger partial charge in [0.25, 0.3) is 5.69 Å². The fourth-order valence-electron chi connectivity index (χ4n) is 6.10. The number of H-pyrrole nitrogens is 1. The van der Waals surface area contributed by atoms with Gasteiger partial charge < -0.3 is 14.5 Å².